The third kappa shape index (κ3) is 6.84. The summed E-state index contributed by atoms with van der Waals surface area (Å²) in [5.41, 5.74) is 0.872. The van der Waals surface area contributed by atoms with E-state index in [0.29, 0.717) is 59.7 Å². The second-order valence-corrected chi connectivity index (χ2v) is 9.96. The van der Waals surface area contributed by atoms with E-state index in [1.54, 1.807) is 36.4 Å². The second-order valence-electron chi connectivity index (χ2n) is 9.96. The Morgan fingerprint density at radius 3 is 2.21 bits per heavy atom. The second kappa shape index (κ2) is 13.4. The minimum Gasteiger partial charge on any atom is -0.507 e. The fraction of sp³-hybridized carbons (Fsp3) is 0.467. The van der Waals surface area contributed by atoms with Crippen molar-refractivity contribution in [1.82, 2.24) is 4.90 Å². The summed E-state index contributed by atoms with van der Waals surface area (Å²) in [6.07, 6.45) is 0.543. The summed E-state index contributed by atoms with van der Waals surface area (Å²) < 4.78 is 28.0. The summed E-state index contributed by atoms with van der Waals surface area (Å²) in [6, 6.07) is 9.33. The van der Waals surface area contributed by atoms with Crippen LogP contribution in [0.25, 0.3) is 5.76 Å². The molecule has 0 saturated carbocycles. The Hall–Kier alpha value is -3.72. The van der Waals surface area contributed by atoms with Crippen LogP contribution in [0, 0.1) is 5.92 Å². The van der Waals surface area contributed by atoms with Gasteiger partial charge in [-0.2, -0.15) is 0 Å². The summed E-state index contributed by atoms with van der Waals surface area (Å²) in [5, 5.41) is 11.5. The summed E-state index contributed by atoms with van der Waals surface area (Å²) in [6.45, 7) is 9.09. The molecule has 1 unspecified atom stereocenters. The molecule has 1 amide bonds. The van der Waals surface area contributed by atoms with Crippen LogP contribution in [0.5, 0.6) is 23.0 Å². The molecule has 212 valence electrons. The molecule has 1 N–H and O–H groups in total. The van der Waals surface area contributed by atoms with Crippen molar-refractivity contribution in [3.63, 3.8) is 0 Å². The van der Waals surface area contributed by atoms with Gasteiger partial charge in [-0.3, -0.25) is 9.59 Å². The number of hydrogen-bond acceptors (Lipinski definition) is 8. The van der Waals surface area contributed by atoms with E-state index in [4.69, 9.17) is 23.7 Å². The number of ether oxygens (including phenoxy) is 5. The predicted octanol–water partition coefficient (Wildman–Crippen LogP) is 4.98. The highest BCUT2D eigenvalue weighted by atomic mass is 16.5. The molecule has 9 heteroatoms. The number of Topliss-reactive ketones (excluding diaryl/α,β-unsaturated/α-hetero) is 1. The number of benzene rings is 2. The highest BCUT2D eigenvalue weighted by Gasteiger charge is 2.46. The fourth-order valence-corrected chi connectivity index (χ4v) is 4.42. The van der Waals surface area contributed by atoms with Crippen LogP contribution in [-0.2, 0) is 14.3 Å². The topological polar surface area (TPSA) is 104 Å². The Bertz CT molecular complexity index is 1180. The Morgan fingerprint density at radius 2 is 1.64 bits per heavy atom. The lowest BCUT2D eigenvalue weighted by atomic mass is 9.94. The number of methoxy groups -OCH3 is 3. The van der Waals surface area contributed by atoms with Crippen molar-refractivity contribution in [3.05, 3.63) is 53.1 Å². The summed E-state index contributed by atoms with van der Waals surface area (Å²) in [5.74, 6) is 0.208. The maximum Gasteiger partial charge on any atom is 0.295 e. The minimum absolute atomic E-state index is 0.0277. The Labute approximate surface area is 230 Å². The number of carbonyl (C=O) groups excluding carboxylic acids is 2. The van der Waals surface area contributed by atoms with Crippen molar-refractivity contribution in [2.24, 2.45) is 5.92 Å². The van der Waals surface area contributed by atoms with Gasteiger partial charge in [-0.1, -0.05) is 26.0 Å². The smallest absolute Gasteiger partial charge is 0.295 e. The first-order valence-electron chi connectivity index (χ1n) is 13.1. The lowest BCUT2D eigenvalue weighted by Gasteiger charge is -2.26. The first kappa shape index (κ1) is 29.8. The molecule has 1 aliphatic heterocycles. The zero-order chi connectivity index (χ0) is 28.7. The molecule has 0 radical (unpaired) electrons. The van der Waals surface area contributed by atoms with Crippen LogP contribution in [0.1, 0.15) is 51.3 Å². The molecule has 2 aromatic rings. The van der Waals surface area contributed by atoms with E-state index in [1.807, 2.05) is 27.7 Å². The molecule has 1 aliphatic rings. The van der Waals surface area contributed by atoms with Gasteiger partial charge >= 0.3 is 0 Å². The number of aliphatic hydroxyl groups excluding tert-OH is 1. The van der Waals surface area contributed by atoms with Crippen LogP contribution < -0.4 is 18.9 Å². The highest BCUT2D eigenvalue weighted by Crippen LogP contribution is 2.45. The Morgan fingerprint density at radius 1 is 0.974 bits per heavy atom. The van der Waals surface area contributed by atoms with Crippen molar-refractivity contribution >= 4 is 17.4 Å². The molecule has 1 fully saturated rings. The molecule has 9 nitrogen and oxygen atoms in total. The Kier molecular flexibility index (Phi) is 10.2. The van der Waals surface area contributed by atoms with Gasteiger partial charge < -0.3 is 33.7 Å². The van der Waals surface area contributed by atoms with E-state index in [-0.39, 0.29) is 24.0 Å². The molecular weight excluding hydrogens is 502 g/mol. The van der Waals surface area contributed by atoms with Crippen LogP contribution in [-0.4, -0.2) is 68.9 Å². The van der Waals surface area contributed by atoms with Gasteiger partial charge in [0.15, 0.2) is 11.5 Å². The molecule has 1 atom stereocenters. The number of rotatable bonds is 13. The fourth-order valence-electron chi connectivity index (χ4n) is 4.42. The SMILES string of the molecule is COc1cc(C2/C(=C(\O)c3cccc(OCC(C)C)c3)C(=O)C(=O)N2CCCOC(C)C)cc(OC)c1OC. The summed E-state index contributed by atoms with van der Waals surface area (Å²) in [4.78, 5) is 28.2. The first-order chi connectivity index (χ1) is 18.6. The summed E-state index contributed by atoms with van der Waals surface area (Å²) in [7, 11) is 4.48. The van der Waals surface area contributed by atoms with E-state index in [1.165, 1.54) is 26.2 Å². The van der Waals surface area contributed by atoms with Gasteiger partial charge in [0.05, 0.1) is 45.7 Å². The number of amides is 1. The van der Waals surface area contributed by atoms with Crippen molar-refractivity contribution in [2.45, 2.75) is 46.3 Å². The number of likely N-dealkylation sites (tertiary alicyclic amines) is 1. The van der Waals surface area contributed by atoms with E-state index >= 15 is 0 Å². The van der Waals surface area contributed by atoms with Gasteiger partial charge in [0.2, 0.25) is 5.75 Å². The minimum atomic E-state index is -0.891. The van der Waals surface area contributed by atoms with Crippen LogP contribution in [0.3, 0.4) is 0 Å². The lowest BCUT2D eigenvalue weighted by molar-refractivity contribution is -0.140. The zero-order valence-electron chi connectivity index (χ0n) is 23.8. The van der Waals surface area contributed by atoms with Crippen LogP contribution in [0.15, 0.2) is 42.0 Å². The molecule has 3 rings (SSSR count). The number of carbonyl (C=O) groups is 2. The van der Waals surface area contributed by atoms with Crippen LogP contribution in [0.2, 0.25) is 0 Å². The third-order valence-corrected chi connectivity index (χ3v) is 6.23. The summed E-state index contributed by atoms with van der Waals surface area (Å²) >= 11 is 0. The number of nitrogens with zero attached hydrogens (tertiary/aromatic N) is 1. The Balaban J connectivity index is 2.14. The number of hydrogen-bond donors (Lipinski definition) is 1. The van der Waals surface area contributed by atoms with Crippen molar-refractivity contribution < 1.29 is 38.4 Å². The van der Waals surface area contributed by atoms with E-state index in [9.17, 15) is 14.7 Å². The van der Waals surface area contributed by atoms with Gasteiger partial charge in [-0.05, 0) is 56.0 Å². The van der Waals surface area contributed by atoms with E-state index in [2.05, 4.69) is 0 Å². The molecular formula is C30H39NO8. The largest absolute Gasteiger partial charge is 0.507 e. The lowest BCUT2D eigenvalue weighted by Crippen LogP contribution is -2.31. The van der Waals surface area contributed by atoms with Gasteiger partial charge in [0, 0.05) is 18.7 Å². The third-order valence-electron chi connectivity index (χ3n) is 6.23. The standard InChI is InChI=1S/C30H39NO8/c1-18(2)17-39-22-11-8-10-20(14-22)27(32)25-26(21-15-23(35-5)29(37-7)24(16-21)36-6)31(30(34)28(25)33)12-9-13-38-19(3)4/h8,10-11,14-16,18-19,26,32H,9,12-13,17H2,1-7H3/b27-25+. The molecule has 0 aliphatic carbocycles. The normalized spacial score (nSPS) is 16.7. The van der Waals surface area contributed by atoms with E-state index in [0.717, 1.165) is 0 Å². The van der Waals surface area contributed by atoms with Gasteiger partial charge in [-0.15, -0.1) is 0 Å². The average Bonchev–Trinajstić information content (AvgIpc) is 3.17. The number of ketones is 1. The quantitative estimate of drug-likeness (QED) is 0.164. The van der Waals surface area contributed by atoms with Crippen LogP contribution in [0.4, 0.5) is 0 Å². The predicted molar refractivity (Wildman–Crippen MR) is 148 cm³/mol. The first-order valence-corrected chi connectivity index (χ1v) is 13.1. The van der Waals surface area contributed by atoms with Crippen molar-refractivity contribution in [2.75, 3.05) is 41.1 Å². The van der Waals surface area contributed by atoms with Crippen molar-refractivity contribution in [1.29, 1.82) is 0 Å². The maximum atomic E-state index is 13.4. The van der Waals surface area contributed by atoms with Crippen molar-refractivity contribution in [3.8, 4) is 23.0 Å². The molecule has 0 spiro atoms. The zero-order valence-corrected chi connectivity index (χ0v) is 23.8. The molecule has 0 bridgehead atoms. The van der Waals surface area contributed by atoms with Crippen LogP contribution >= 0.6 is 0 Å². The molecule has 0 aromatic heterocycles. The highest BCUT2D eigenvalue weighted by molar-refractivity contribution is 6.46. The molecule has 2 aromatic carbocycles. The average molecular weight is 542 g/mol. The monoisotopic (exact) mass is 541 g/mol. The molecule has 1 saturated heterocycles. The molecule has 39 heavy (non-hydrogen) atoms. The van der Waals surface area contributed by atoms with Gasteiger partial charge in [-0.25, -0.2) is 0 Å². The van der Waals surface area contributed by atoms with Gasteiger partial charge in [0.1, 0.15) is 11.5 Å². The van der Waals surface area contributed by atoms with E-state index < -0.39 is 17.7 Å². The number of aliphatic hydroxyl groups is 1. The van der Waals surface area contributed by atoms with Gasteiger partial charge in [0.25, 0.3) is 11.7 Å². The maximum absolute atomic E-state index is 13.4. The molecule has 1 heterocycles.